The molecule has 0 saturated carbocycles. The minimum atomic E-state index is -0.728. The molecule has 156 valence electrons. The van der Waals surface area contributed by atoms with E-state index in [2.05, 4.69) is 6.07 Å². The van der Waals surface area contributed by atoms with Gasteiger partial charge in [-0.15, -0.1) is 0 Å². The van der Waals surface area contributed by atoms with Crippen molar-refractivity contribution >= 4 is 11.0 Å². The van der Waals surface area contributed by atoms with Crippen molar-refractivity contribution < 1.29 is 18.1 Å². The standard InChI is InChI=1S/C25H17FN3O3/c26-17-5-3-4-15(12-17)14-29-10-8-16(9-11-29)21-19(13-27)24(28)32-23-18-6-1-2-7-20(18)31-25(30)22(21)23/h1-12,21H,14,28H2/q+1. The molecular formula is C25H17FN3O3+. The van der Waals surface area contributed by atoms with E-state index in [9.17, 15) is 14.4 Å². The monoisotopic (exact) mass is 426 g/mol. The summed E-state index contributed by atoms with van der Waals surface area (Å²) in [5.74, 6) is -0.766. The van der Waals surface area contributed by atoms with Crippen molar-refractivity contribution in [1.29, 1.82) is 5.26 Å². The van der Waals surface area contributed by atoms with Crippen LogP contribution in [0.5, 0.6) is 5.75 Å². The summed E-state index contributed by atoms with van der Waals surface area (Å²) in [6.45, 7) is 0.471. The molecule has 6 nitrogen and oxygen atoms in total. The SMILES string of the molecule is N#CC1=C(N)Oc2c(c(=O)oc3ccccc23)C1c1cc[n+](Cc2cccc(F)c2)cc1. The van der Waals surface area contributed by atoms with Gasteiger partial charge in [-0.2, -0.15) is 5.26 Å². The fourth-order valence-electron chi connectivity index (χ4n) is 4.01. The molecule has 0 saturated heterocycles. The van der Waals surface area contributed by atoms with Crippen LogP contribution in [-0.4, -0.2) is 0 Å². The lowest BCUT2D eigenvalue weighted by Crippen LogP contribution is -2.34. The zero-order chi connectivity index (χ0) is 22.2. The molecule has 1 aliphatic heterocycles. The molecular weight excluding hydrogens is 409 g/mol. The van der Waals surface area contributed by atoms with Gasteiger partial charge in [0, 0.05) is 17.7 Å². The van der Waals surface area contributed by atoms with E-state index in [4.69, 9.17) is 14.9 Å². The molecule has 0 fully saturated rings. The lowest BCUT2D eigenvalue weighted by molar-refractivity contribution is -0.688. The van der Waals surface area contributed by atoms with Crippen LogP contribution in [-0.2, 0) is 6.54 Å². The molecule has 1 aliphatic rings. The van der Waals surface area contributed by atoms with Gasteiger partial charge in [0.15, 0.2) is 24.7 Å². The topological polar surface area (TPSA) is 93.1 Å². The van der Waals surface area contributed by atoms with Gasteiger partial charge < -0.3 is 14.9 Å². The fourth-order valence-corrected chi connectivity index (χ4v) is 4.01. The summed E-state index contributed by atoms with van der Waals surface area (Å²) in [7, 11) is 0. The number of halogens is 1. The number of nitriles is 1. The number of allylic oxidation sites excluding steroid dienone is 1. The Labute approximate surface area is 182 Å². The first-order chi connectivity index (χ1) is 15.5. The number of nitrogens with two attached hydrogens (primary N) is 1. The molecule has 5 rings (SSSR count). The third-order valence-electron chi connectivity index (χ3n) is 5.48. The second kappa shape index (κ2) is 7.67. The van der Waals surface area contributed by atoms with E-state index in [-0.39, 0.29) is 22.8 Å². The van der Waals surface area contributed by atoms with Crippen LogP contribution in [0.2, 0.25) is 0 Å². The molecule has 0 aliphatic carbocycles. The first-order valence-corrected chi connectivity index (χ1v) is 9.92. The smallest absolute Gasteiger partial charge is 0.344 e. The molecule has 1 unspecified atom stereocenters. The molecule has 2 aromatic carbocycles. The van der Waals surface area contributed by atoms with E-state index in [1.54, 1.807) is 42.5 Å². The van der Waals surface area contributed by atoms with Crippen LogP contribution in [0.15, 0.2) is 93.7 Å². The zero-order valence-electron chi connectivity index (χ0n) is 16.8. The summed E-state index contributed by atoms with van der Waals surface area (Å²) in [6.07, 6.45) is 3.62. The van der Waals surface area contributed by atoms with Crippen molar-refractivity contribution in [1.82, 2.24) is 0 Å². The van der Waals surface area contributed by atoms with Crippen LogP contribution in [0.3, 0.4) is 0 Å². The summed E-state index contributed by atoms with van der Waals surface area (Å²) in [5.41, 5.74) is 7.75. The minimum Gasteiger partial charge on any atom is -0.439 e. The maximum Gasteiger partial charge on any atom is 0.344 e. The van der Waals surface area contributed by atoms with Crippen LogP contribution in [0.4, 0.5) is 4.39 Å². The summed E-state index contributed by atoms with van der Waals surface area (Å²) in [6, 6.07) is 19.1. The average Bonchev–Trinajstić information content (AvgIpc) is 2.79. The molecule has 3 heterocycles. The highest BCUT2D eigenvalue weighted by molar-refractivity contribution is 5.85. The predicted molar refractivity (Wildman–Crippen MR) is 114 cm³/mol. The number of rotatable bonds is 3. The molecule has 0 spiro atoms. The maximum absolute atomic E-state index is 13.5. The van der Waals surface area contributed by atoms with E-state index in [0.29, 0.717) is 28.8 Å². The lowest BCUT2D eigenvalue weighted by atomic mass is 9.84. The highest BCUT2D eigenvalue weighted by atomic mass is 19.1. The third-order valence-corrected chi connectivity index (χ3v) is 5.48. The summed E-state index contributed by atoms with van der Waals surface area (Å²) in [5, 5.41) is 10.4. The maximum atomic E-state index is 13.5. The normalized spacial score (nSPS) is 15.2. The Morgan fingerprint density at radius 3 is 2.62 bits per heavy atom. The molecule has 2 N–H and O–H groups in total. The molecule has 0 bridgehead atoms. The molecule has 0 radical (unpaired) electrons. The quantitative estimate of drug-likeness (QED) is 0.400. The van der Waals surface area contributed by atoms with Crippen LogP contribution >= 0.6 is 0 Å². The van der Waals surface area contributed by atoms with Crippen LogP contribution in [0.25, 0.3) is 11.0 Å². The number of benzene rings is 2. The number of fused-ring (bicyclic) bond motifs is 3. The van der Waals surface area contributed by atoms with Gasteiger partial charge in [-0.1, -0.05) is 24.3 Å². The number of pyridine rings is 1. The number of aromatic nitrogens is 1. The largest absolute Gasteiger partial charge is 0.439 e. The molecule has 4 aromatic rings. The Morgan fingerprint density at radius 2 is 1.88 bits per heavy atom. The minimum absolute atomic E-state index is 0.0442. The van der Waals surface area contributed by atoms with Crippen molar-refractivity contribution in [2.75, 3.05) is 0 Å². The number of ether oxygens (including phenoxy) is 1. The van der Waals surface area contributed by atoms with Gasteiger partial charge in [0.05, 0.1) is 16.9 Å². The molecule has 0 amide bonds. The fraction of sp³-hybridized carbons (Fsp3) is 0.0800. The van der Waals surface area contributed by atoms with Gasteiger partial charge in [-0.05, 0) is 29.8 Å². The van der Waals surface area contributed by atoms with Crippen LogP contribution in [0.1, 0.15) is 22.6 Å². The van der Waals surface area contributed by atoms with Crippen LogP contribution in [0, 0.1) is 17.1 Å². The number of nitrogens with zero attached hydrogens (tertiary/aromatic N) is 2. The first kappa shape index (κ1) is 19.5. The first-order valence-electron chi connectivity index (χ1n) is 9.92. The van der Waals surface area contributed by atoms with E-state index in [1.807, 2.05) is 23.0 Å². The van der Waals surface area contributed by atoms with E-state index in [0.717, 1.165) is 5.56 Å². The van der Waals surface area contributed by atoms with Gasteiger partial charge in [-0.3, -0.25) is 0 Å². The van der Waals surface area contributed by atoms with Crippen molar-refractivity contribution in [2.24, 2.45) is 5.73 Å². The molecule has 32 heavy (non-hydrogen) atoms. The lowest BCUT2D eigenvalue weighted by Gasteiger charge is -2.25. The van der Waals surface area contributed by atoms with Crippen molar-refractivity contribution in [2.45, 2.75) is 12.5 Å². The number of hydrogen-bond acceptors (Lipinski definition) is 5. The van der Waals surface area contributed by atoms with Crippen molar-refractivity contribution in [3.63, 3.8) is 0 Å². The summed E-state index contributed by atoms with van der Waals surface area (Å²) < 4.78 is 26.6. The van der Waals surface area contributed by atoms with Crippen molar-refractivity contribution in [3.8, 4) is 11.8 Å². The Balaban J connectivity index is 1.61. The Bertz CT molecular complexity index is 1480. The summed E-state index contributed by atoms with van der Waals surface area (Å²) >= 11 is 0. The zero-order valence-corrected chi connectivity index (χ0v) is 16.8. The van der Waals surface area contributed by atoms with Gasteiger partial charge in [0.2, 0.25) is 5.88 Å². The number of hydrogen-bond donors (Lipinski definition) is 1. The second-order valence-electron chi connectivity index (χ2n) is 7.49. The van der Waals surface area contributed by atoms with Crippen LogP contribution < -0.4 is 20.7 Å². The molecule has 7 heteroatoms. The third kappa shape index (κ3) is 3.28. The second-order valence-corrected chi connectivity index (χ2v) is 7.49. The summed E-state index contributed by atoms with van der Waals surface area (Å²) in [4.78, 5) is 12.9. The van der Waals surface area contributed by atoms with E-state index < -0.39 is 11.5 Å². The van der Waals surface area contributed by atoms with Crippen molar-refractivity contribution in [3.05, 3.63) is 117 Å². The highest BCUT2D eigenvalue weighted by Crippen LogP contribution is 2.43. The van der Waals surface area contributed by atoms with Gasteiger partial charge in [-0.25, -0.2) is 13.8 Å². The molecule has 2 aromatic heterocycles. The Hall–Kier alpha value is -4.44. The van der Waals surface area contributed by atoms with Gasteiger partial charge >= 0.3 is 5.63 Å². The van der Waals surface area contributed by atoms with Gasteiger partial charge in [0.1, 0.15) is 23.0 Å². The predicted octanol–water partition coefficient (Wildman–Crippen LogP) is 3.49. The van der Waals surface area contributed by atoms with E-state index >= 15 is 0 Å². The number of para-hydroxylation sites is 1. The Morgan fingerprint density at radius 1 is 1.09 bits per heavy atom. The van der Waals surface area contributed by atoms with E-state index in [1.165, 1.54) is 12.1 Å². The highest BCUT2D eigenvalue weighted by Gasteiger charge is 2.35. The molecule has 1 atom stereocenters. The Kier molecular flexibility index (Phi) is 4.68. The van der Waals surface area contributed by atoms with Gasteiger partial charge in [0.25, 0.3) is 0 Å². The average molecular weight is 426 g/mol.